The summed E-state index contributed by atoms with van der Waals surface area (Å²) >= 11 is 0. The summed E-state index contributed by atoms with van der Waals surface area (Å²) in [5, 5.41) is 2.92. The second-order valence-electron chi connectivity index (χ2n) is 1.96. The topological polar surface area (TPSA) is 29.1 Å². The molecule has 0 atom stereocenters. The van der Waals surface area contributed by atoms with E-state index in [-0.39, 0.29) is 0 Å². The third-order valence-electron chi connectivity index (χ3n) is 1.36. The number of benzene rings is 1. The van der Waals surface area contributed by atoms with Crippen LogP contribution in [0.1, 0.15) is 24.2 Å². The minimum atomic E-state index is 0.699. The Balaban J connectivity index is 0.000000561. The summed E-state index contributed by atoms with van der Waals surface area (Å²) in [6, 6.07) is 7.37. The zero-order valence-corrected chi connectivity index (χ0v) is 7.79. The molecule has 0 radical (unpaired) electrons. The van der Waals surface area contributed by atoms with Gasteiger partial charge in [-0.2, -0.15) is 0 Å². The van der Waals surface area contributed by atoms with Crippen molar-refractivity contribution in [2.24, 2.45) is 0 Å². The van der Waals surface area contributed by atoms with Crippen LogP contribution in [0.15, 0.2) is 24.3 Å². The number of aldehydes is 1. The van der Waals surface area contributed by atoms with Crippen LogP contribution in [0, 0.1) is 0 Å². The van der Waals surface area contributed by atoms with Crippen molar-refractivity contribution in [3.8, 4) is 0 Å². The van der Waals surface area contributed by atoms with Gasteiger partial charge in [-0.1, -0.05) is 26.0 Å². The van der Waals surface area contributed by atoms with Gasteiger partial charge in [-0.25, -0.2) is 0 Å². The Morgan fingerprint density at radius 1 is 1.25 bits per heavy atom. The first kappa shape index (κ1) is 10.7. The highest BCUT2D eigenvalue weighted by Crippen LogP contribution is 2.10. The van der Waals surface area contributed by atoms with Crippen molar-refractivity contribution in [3.05, 3.63) is 29.8 Å². The van der Waals surface area contributed by atoms with Crippen LogP contribution in [0.3, 0.4) is 0 Å². The van der Waals surface area contributed by atoms with E-state index in [1.54, 1.807) is 13.1 Å². The van der Waals surface area contributed by atoms with Crippen LogP contribution in [-0.4, -0.2) is 13.3 Å². The standard InChI is InChI=1S/C8H9NO.C2H6/c1-9-8-5-3-2-4-7(8)6-10;1-2/h2-6,9H,1H3;1-2H3. The molecular formula is C10H15NO. The summed E-state index contributed by atoms with van der Waals surface area (Å²) in [7, 11) is 1.79. The molecule has 66 valence electrons. The Morgan fingerprint density at radius 3 is 2.25 bits per heavy atom. The van der Waals surface area contributed by atoms with Crippen LogP contribution in [-0.2, 0) is 0 Å². The van der Waals surface area contributed by atoms with Crippen molar-refractivity contribution in [1.29, 1.82) is 0 Å². The van der Waals surface area contributed by atoms with E-state index in [1.165, 1.54) is 0 Å². The van der Waals surface area contributed by atoms with Crippen LogP contribution in [0.2, 0.25) is 0 Å². The zero-order chi connectivity index (χ0) is 9.40. The lowest BCUT2D eigenvalue weighted by molar-refractivity contribution is 0.112. The fourth-order valence-electron chi connectivity index (χ4n) is 0.827. The molecule has 2 heteroatoms. The lowest BCUT2D eigenvalue weighted by Gasteiger charge is -2.00. The van der Waals surface area contributed by atoms with E-state index in [1.807, 2.05) is 32.0 Å². The molecule has 0 spiro atoms. The van der Waals surface area contributed by atoms with Crippen molar-refractivity contribution in [2.75, 3.05) is 12.4 Å². The maximum absolute atomic E-state index is 10.3. The minimum absolute atomic E-state index is 0.699. The summed E-state index contributed by atoms with van der Waals surface area (Å²) in [5.41, 5.74) is 1.57. The number of para-hydroxylation sites is 1. The summed E-state index contributed by atoms with van der Waals surface area (Å²) in [4.78, 5) is 10.3. The smallest absolute Gasteiger partial charge is 0.152 e. The summed E-state index contributed by atoms with van der Waals surface area (Å²) in [6.07, 6.45) is 0.839. The van der Waals surface area contributed by atoms with Crippen LogP contribution >= 0.6 is 0 Å². The molecule has 0 saturated heterocycles. The second kappa shape index (κ2) is 6.40. The van der Waals surface area contributed by atoms with E-state index in [0.717, 1.165) is 12.0 Å². The Hall–Kier alpha value is -1.31. The molecule has 0 fully saturated rings. The van der Waals surface area contributed by atoms with Gasteiger partial charge in [0.25, 0.3) is 0 Å². The van der Waals surface area contributed by atoms with E-state index in [0.29, 0.717) is 5.56 Å². The summed E-state index contributed by atoms with van der Waals surface area (Å²) < 4.78 is 0. The highest BCUT2D eigenvalue weighted by Gasteiger charge is 1.94. The van der Waals surface area contributed by atoms with Crippen molar-refractivity contribution >= 4 is 12.0 Å². The van der Waals surface area contributed by atoms with Crippen LogP contribution < -0.4 is 5.32 Å². The highest BCUT2D eigenvalue weighted by atomic mass is 16.1. The van der Waals surface area contributed by atoms with Crippen LogP contribution in [0.25, 0.3) is 0 Å². The third kappa shape index (κ3) is 2.74. The summed E-state index contributed by atoms with van der Waals surface area (Å²) in [5.74, 6) is 0. The first-order valence-electron chi connectivity index (χ1n) is 4.10. The number of carbonyl (C=O) groups excluding carboxylic acids is 1. The maximum Gasteiger partial charge on any atom is 0.152 e. The predicted octanol–water partition coefficient (Wildman–Crippen LogP) is 2.57. The normalized spacial score (nSPS) is 7.92. The molecular weight excluding hydrogens is 150 g/mol. The van der Waals surface area contributed by atoms with Gasteiger partial charge in [-0.05, 0) is 12.1 Å². The number of nitrogens with one attached hydrogen (secondary N) is 1. The van der Waals surface area contributed by atoms with Gasteiger partial charge in [0.05, 0.1) is 0 Å². The van der Waals surface area contributed by atoms with Gasteiger partial charge < -0.3 is 5.32 Å². The molecule has 0 heterocycles. The molecule has 12 heavy (non-hydrogen) atoms. The van der Waals surface area contributed by atoms with Gasteiger partial charge in [-0.3, -0.25) is 4.79 Å². The molecule has 0 bridgehead atoms. The van der Waals surface area contributed by atoms with E-state index in [2.05, 4.69) is 5.32 Å². The number of hydrogen-bond donors (Lipinski definition) is 1. The average Bonchev–Trinajstić information content (AvgIpc) is 2.20. The molecule has 0 amide bonds. The third-order valence-corrected chi connectivity index (χ3v) is 1.36. The molecule has 2 nitrogen and oxygen atoms in total. The first-order chi connectivity index (χ1) is 5.88. The van der Waals surface area contributed by atoms with E-state index in [9.17, 15) is 4.79 Å². The molecule has 1 N–H and O–H groups in total. The van der Waals surface area contributed by atoms with E-state index in [4.69, 9.17) is 0 Å². The maximum atomic E-state index is 10.3. The first-order valence-corrected chi connectivity index (χ1v) is 4.10. The molecule has 0 saturated carbocycles. The predicted molar refractivity (Wildman–Crippen MR) is 52.7 cm³/mol. The molecule has 0 aromatic heterocycles. The second-order valence-corrected chi connectivity index (χ2v) is 1.96. The van der Waals surface area contributed by atoms with Crippen molar-refractivity contribution < 1.29 is 4.79 Å². The Labute approximate surface area is 73.6 Å². The fourth-order valence-corrected chi connectivity index (χ4v) is 0.827. The van der Waals surface area contributed by atoms with Gasteiger partial charge >= 0.3 is 0 Å². The Morgan fingerprint density at radius 2 is 1.83 bits per heavy atom. The lowest BCUT2D eigenvalue weighted by Crippen LogP contribution is -1.92. The molecule has 1 aromatic carbocycles. The zero-order valence-electron chi connectivity index (χ0n) is 7.79. The summed E-state index contributed by atoms with van der Waals surface area (Å²) in [6.45, 7) is 4.00. The molecule has 0 aliphatic rings. The Bertz CT molecular complexity index is 233. The Kier molecular flexibility index (Phi) is 5.70. The molecule has 0 aliphatic carbocycles. The minimum Gasteiger partial charge on any atom is -0.388 e. The van der Waals surface area contributed by atoms with Crippen molar-refractivity contribution in [2.45, 2.75) is 13.8 Å². The van der Waals surface area contributed by atoms with Crippen molar-refractivity contribution in [3.63, 3.8) is 0 Å². The van der Waals surface area contributed by atoms with Gasteiger partial charge in [0, 0.05) is 18.3 Å². The molecule has 1 rings (SSSR count). The molecule has 1 aromatic rings. The SMILES string of the molecule is CC.CNc1ccccc1C=O. The average molecular weight is 165 g/mol. The van der Waals surface area contributed by atoms with Gasteiger partial charge in [0.1, 0.15) is 0 Å². The highest BCUT2D eigenvalue weighted by molar-refractivity contribution is 5.83. The van der Waals surface area contributed by atoms with Gasteiger partial charge in [0.15, 0.2) is 6.29 Å². The quantitative estimate of drug-likeness (QED) is 0.682. The van der Waals surface area contributed by atoms with Crippen LogP contribution in [0.5, 0.6) is 0 Å². The fraction of sp³-hybridized carbons (Fsp3) is 0.300. The van der Waals surface area contributed by atoms with Crippen molar-refractivity contribution in [1.82, 2.24) is 0 Å². The number of rotatable bonds is 2. The monoisotopic (exact) mass is 165 g/mol. The lowest BCUT2D eigenvalue weighted by atomic mass is 10.2. The number of hydrogen-bond acceptors (Lipinski definition) is 2. The van der Waals surface area contributed by atoms with E-state index >= 15 is 0 Å². The number of anilines is 1. The van der Waals surface area contributed by atoms with Crippen LogP contribution in [0.4, 0.5) is 5.69 Å². The molecule has 0 aliphatic heterocycles. The van der Waals surface area contributed by atoms with Gasteiger partial charge in [0.2, 0.25) is 0 Å². The van der Waals surface area contributed by atoms with E-state index < -0.39 is 0 Å². The molecule has 0 unspecified atom stereocenters. The number of carbonyl (C=O) groups is 1. The largest absolute Gasteiger partial charge is 0.388 e. The van der Waals surface area contributed by atoms with Gasteiger partial charge in [-0.15, -0.1) is 0 Å².